The van der Waals surface area contributed by atoms with E-state index in [9.17, 15) is 4.79 Å². The molecule has 0 aliphatic carbocycles. The summed E-state index contributed by atoms with van der Waals surface area (Å²) in [5.41, 5.74) is 5.25. The maximum Gasteiger partial charge on any atom is 0.242 e. The molecule has 154 valence electrons. The van der Waals surface area contributed by atoms with Crippen molar-refractivity contribution >= 4 is 18.1 Å². The van der Waals surface area contributed by atoms with Gasteiger partial charge >= 0.3 is 0 Å². The zero-order valence-electron chi connectivity index (χ0n) is 17.7. The van der Waals surface area contributed by atoms with Gasteiger partial charge in [-0.15, -0.1) is 0 Å². The van der Waals surface area contributed by atoms with Gasteiger partial charge in [0.15, 0.2) is 4.77 Å². The molecule has 3 rings (SSSR count). The molecule has 2 aromatic heterocycles. The van der Waals surface area contributed by atoms with Gasteiger partial charge in [0.25, 0.3) is 0 Å². The van der Waals surface area contributed by atoms with E-state index in [1.807, 2.05) is 37.7 Å². The van der Waals surface area contributed by atoms with Gasteiger partial charge in [-0.3, -0.25) is 14.5 Å². The summed E-state index contributed by atoms with van der Waals surface area (Å²) in [7, 11) is 1.81. The number of rotatable bonds is 7. The van der Waals surface area contributed by atoms with Gasteiger partial charge < -0.3 is 4.90 Å². The van der Waals surface area contributed by atoms with Crippen molar-refractivity contribution in [3.63, 3.8) is 0 Å². The van der Waals surface area contributed by atoms with E-state index in [0.29, 0.717) is 11.3 Å². The number of nitrogens with one attached hydrogen (secondary N) is 1. The average molecular weight is 413 g/mol. The summed E-state index contributed by atoms with van der Waals surface area (Å²) in [5, 5.41) is 11.8. The fourth-order valence-corrected chi connectivity index (χ4v) is 3.66. The summed E-state index contributed by atoms with van der Waals surface area (Å²) in [6, 6.07) is 8.16. The average Bonchev–Trinajstić information content (AvgIpc) is 3.17. The number of hydrogen-bond acceptors (Lipinski definition) is 4. The van der Waals surface area contributed by atoms with Crippen LogP contribution < -0.4 is 0 Å². The molecule has 0 atom stereocenters. The second kappa shape index (κ2) is 8.73. The highest BCUT2D eigenvalue weighted by atomic mass is 32.1. The summed E-state index contributed by atoms with van der Waals surface area (Å²) in [6.45, 7) is 8.87. The van der Waals surface area contributed by atoms with E-state index in [1.165, 1.54) is 0 Å². The number of para-hydroxylation sites is 1. The van der Waals surface area contributed by atoms with E-state index in [4.69, 9.17) is 17.3 Å². The first kappa shape index (κ1) is 21.0. The van der Waals surface area contributed by atoms with Crippen molar-refractivity contribution in [2.75, 3.05) is 7.05 Å². The Hall–Kier alpha value is -2.74. The number of benzene rings is 1. The molecule has 0 unspecified atom stereocenters. The molecule has 0 aliphatic rings. The molecule has 7 nitrogen and oxygen atoms in total. The SMILES string of the molecule is CCCc1n[nH]c(=S)n1CC(=O)N(C)Cc1c(C)nn(-c2ccccc2C)c1C. The first-order valence-electron chi connectivity index (χ1n) is 9.82. The molecule has 29 heavy (non-hydrogen) atoms. The predicted molar refractivity (Wildman–Crippen MR) is 116 cm³/mol. The molecule has 1 amide bonds. The molecule has 0 radical (unpaired) electrons. The lowest BCUT2D eigenvalue weighted by atomic mass is 10.1. The van der Waals surface area contributed by atoms with Crippen LogP contribution in [0, 0.1) is 25.5 Å². The smallest absolute Gasteiger partial charge is 0.242 e. The number of aromatic amines is 1. The maximum absolute atomic E-state index is 12.9. The van der Waals surface area contributed by atoms with Crippen molar-refractivity contribution in [2.45, 2.75) is 53.6 Å². The van der Waals surface area contributed by atoms with E-state index in [-0.39, 0.29) is 12.5 Å². The van der Waals surface area contributed by atoms with E-state index in [0.717, 1.165) is 46.9 Å². The molecule has 1 aromatic carbocycles. The summed E-state index contributed by atoms with van der Waals surface area (Å²) in [5.74, 6) is 0.807. The second-order valence-corrected chi connectivity index (χ2v) is 7.77. The first-order valence-corrected chi connectivity index (χ1v) is 10.2. The van der Waals surface area contributed by atoms with Gasteiger partial charge in [-0.1, -0.05) is 25.1 Å². The normalized spacial score (nSPS) is 11.1. The number of carbonyl (C=O) groups excluding carboxylic acids is 1. The molecule has 3 aromatic rings. The molecule has 0 saturated heterocycles. The molecular weight excluding hydrogens is 384 g/mol. The number of aryl methyl sites for hydroxylation is 3. The summed E-state index contributed by atoms with van der Waals surface area (Å²) < 4.78 is 4.23. The summed E-state index contributed by atoms with van der Waals surface area (Å²) >= 11 is 5.29. The van der Waals surface area contributed by atoms with Crippen LogP contribution in [0.4, 0.5) is 0 Å². The molecule has 0 fully saturated rings. The number of aromatic nitrogens is 5. The Kier molecular flexibility index (Phi) is 6.32. The molecular formula is C21H28N6OS. The van der Waals surface area contributed by atoms with E-state index < -0.39 is 0 Å². The van der Waals surface area contributed by atoms with Crippen molar-refractivity contribution in [2.24, 2.45) is 0 Å². The van der Waals surface area contributed by atoms with Crippen LogP contribution in [0.25, 0.3) is 5.69 Å². The number of H-pyrrole nitrogens is 1. The third kappa shape index (κ3) is 4.32. The van der Waals surface area contributed by atoms with E-state index in [1.54, 1.807) is 9.47 Å². The summed E-state index contributed by atoms with van der Waals surface area (Å²) in [6.07, 6.45) is 1.73. The topological polar surface area (TPSA) is 71.7 Å². The zero-order chi connectivity index (χ0) is 21.1. The first-order chi connectivity index (χ1) is 13.8. The fourth-order valence-electron chi connectivity index (χ4n) is 3.45. The van der Waals surface area contributed by atoms with E-state index >= 15 is 0 Å². The van der Waals surface area contributed by atoms with Crippen LogP contribution in [0.1, 0.15) is 41.7 Å². The minimum absolute atomic E-state index is 0.0118. The van der Waals surface area contributed by atoms with E-state index in [2.05, 4.69) is 36.2 Å². The van der Waals surface area contributed by atoms with Gasteiger partial charge in [-0.2, -0.15) is 10.2 Å². The van der Waals surface area contributed by atoms with Crippen LogP contribution in [0.2, 0.25) is 0 Å². The molecule has 0 spiro atoms. The van der Waals surface area contributed by atoms with Crippen molar-refractivity contribution in [3.8, 4) is 5.69 Å². The van der Waals surface area contributed by atoms with Gasteiger partial charge in [-0.05, 0) is 51.0 Å². The Labute approximate surface area is 176 Å². The Morgan fingerprint density at radius 3 is 2.66 bits per heavy atom. The van der Waals surface area contributed by atoms with Crippen LogP contribution in [-0.4, -0.2) is 42.4 Å². The van der Waals surface area contributed by atoms with Gasteiger partial charge in [-0.25, -0.2) is 4.68 Å². The van der Waals surface area contributed by atoms with Crippen LogP contribution in [0.5, 0.6) is 0 Å². The monoisotopic (exact) mass is 412 g/mol. The second-order valence-electron chi connectivity index (χ2n) is 7.38. The van der Waals surface area contributed by atoms with Crippen molar-refractivity contribution in [3.05, 3.63) is 57.4 Å². The number of nitrogens with zero attached hydrogens (tertiary/aromatic N) is 5. The van der Waals surface area contributed by atoms with Gasteiger partial charge in [0.2, 0.25) is 5.91 Å². The van der Waals surface area contributed by atoms with Crippen LogP contribution in [0.3, 0.4) is 0 Å². The zero-order valence-corrected chi connectivity index (χ0v) is 18.5. The standard InChI is InChI=1S/C21H28N6OS/c1-6-9-19-22-23-21(29)26(19)13-20(28)25(5)12-17-15(3)24-27(16(17)4)18-11-8-7-10-14(18)2/h7-8,10-11H,6,9,12-13H2,1-5H3,(H,23,29). The molecule has 0 saturated carbocycles. The lowest BCUT2D eigenvalue weighted by Gasteiger charge is -2.18. The molecule has 1 N–H and O–H groups in total. The van der Waals surface area contributed by atoms with Crippen LogP contribution >= 0.6 is 12.2 Å². The highest BCUT2D eigenvalue weighted by molar-refractivity contribution is 7.71. The minimum atomic E-state index is -0.0118. The van der Waals surface area contributed by atoms with Crippen LogP contribution in [-0.2, 0) is 24.3 Å². The molecule has 0 aliphatic heterocycles. The molecule has 0 bridgehead atoms. The van der Waals surface area contributed by atoms with Gasteiger partial charge in [0.1, 0.15) is 12.4 Å². The van der Waals surface area contributed by atoms with Crippen molar-refractivity contribution < 1.29 is 4.79 Å². The quantitative estimate of drug-likeness (QED) is 0.601. The third-order valence-electron chi connectivity index (χ3n) is 5.21. The highest BCUT2D eigenvalue weighted by Crippen LogP contribution is 2.21. The maximum atomic E-state index is 12.9. The lowest BCUT2D eigenvalue weighted by molar-refractivity contribution is -0.131. The van der Waals surface area contributed by atoms with Gasteiger partial charge in [0.05, 0.1) is 11.4 Å². The van der Waals surface area contributed by atoms with Crippen LogP contribution in [0.15, 0.2) is 24.3 Å². The fraction of sp³-hybridized carbons (Fsp3) is 0.429. The lowest BCUT2D eigenvalue weighted by Crippen LogP contribution is -2.30. The number of amides is 1. The Morgan fingerprint density at radius 1 is 1.24 bits per heavy atom. The van der Waals surface area contributed by atoms with Crippen molar-refractivity contribution in [1.82, 2.24) is 29.4 Å². The number of hydrogen-bond donors (Lipinski definition) is 1. The Morgan fingerprint density at radius 2 is 1.97 bits per heavy atom. The largest absolute Gasteiger partial charge is 0.340 e. The van der Waals surface area contributed by atoms with Gasteiger partial charge in [0, 0.05) is 31.3 Å². The third-order valence-corrected chi connectivity index (χ3v) is 5.52. The minimum Gasteiger partial charge on any atom is -0.340 e. The number of likely N-dealkylation sites (N-methyl/N-ethyl adjacent to an activating group) is 1. The summed E-state index contributed by atoms with van der Waals surface area (Å²) in [4.78, 5) is 14.6. The molecule has 8 heteroatoms. The number of carbonyl (C=O) groups is 1. The van der Waals surface area contributed by atoms with Crippen molar-refractivity contribution in [1.29, 1.82) is 0 Å². The Balaban J connectivity index is 1.80. The highest BCUT2D eigenvalue weighted by Gasteiger charge is 2.19. The predicted octanol–water partition coefficient (Wildman–Crippen LogP) is 3.66. The Bertz CT molecular complexity index is 1080. The molecule has 2 heterocycles.